The zero-order chi connectivity index (χ0) is 9.97. The van der Waals surface area contributed by atoms with Crippen molar-refractivity contribution < 1.29 is 4.79 Å². The maximum atomic E-state index is 12.0. The Balaban J connectivity index is 1.89. The smallest absolute Gasteiger partial charge is 0.239 e. The number of amides is 1. The van der Waals surface area contributed by atoms with Crippen molar-refractivity contribution in [2.75, 3.05) is 26.2 Å². The lowest BCUT2D eigenvalue weighted by Gasteiger charge is -2.33. The predicted molar refractivity (Wildman–Crippen MR) is 55.1 cm³/mol. The van der Waals surface area contributed by atoms with E-state index in [1.165, 1.54) is 0 Å². The molecule has 4 heteroatoms. The lowest BCUT2D eigenvalue weighted by Crippen LogP contribution is -2.55. The summed E-state index contributed by atoms with van der Waals surface area (Å²) in [4.78, 5) is 14.0. The minimum Gasteiger partial charge on any atom is -0.339 e. The van der Waals surface area contributed by atoms with Crippen molar-refractivity contribution >= 4 is 5.91 Å². The fourth-order valence-corrected chi connectivity index (χ4v) is 2.25. The molecule has 0 aromatic rings. The molecule has 2 N–H and O–H groups in total. The standard InChI is InChI=1S/C10H19N3O/c1-8-7-13(6-5-11-8)10(14)9-3-2-4-12-9/h8-9,11-12H,2-7H2,1H3/t8-,9?/m1/s1. The molecule has 0 aromatic heterocycles. The van der Waals surface area contributed by atoms with Crippen LogP contribution in [0.2, 0.25) is 0 Å². The molecular formula is C10H19N3O. The molecule has 0 spiro atoms. The molecule has 4 nitrogen and oxygen atoms in total. The van der Waals surface area contributed by atoms with E-state index in [2.05, 4.69) is 17.6 Å². The Bertz CT molecular complexity index is 213. The minimum absolute atomic E-state index is 0.0975. The second kappa shape index (κ2) is 4.28. The highest BCUT2D eigenvalue weighted by molar-refractivity contribution is 5.82. The van der Waals surface area contributed by atoms with E-state index >= 15 is 0 Å². The average molecular weight is 197 g/mol. The van der Waals surface area contributed by atoms with Gasteiger partial charge in [-0.3, -0.25) is 4.79 Å². The Morgan fingerprint density at radius 3 is 2.86 bits per heavy atom. The summed E-state index contributed by atoms with van der Waals surface area (Å²) in [5, 5.41) is 6.60. The second-order valence-electron chi connectivity index (χ2n) is 4.29. The molecule has 2 aliphatic rings. The Labute approximate surface area is 85.0 Å². The van der Waals surface area contributed by atoms with Gasteiger partial charge in [0.1, 0.15) is 0 Å². The summed E-state index contributed by atoms with van der Waals surface area (Å²) in [6.07, 6.45) is 2.15. The maximum absolute atomic E-state index is 12.0. The van der Waals surface area contributed by atoms with Crippen LogP contribution in [-0.2, 0) is 4.79 Å². The maximum Gasteiger partial charge on any atom is 0.239 e. The minimum atomic E-state index is 0.0975. The van der Waals surface area contributed by atoms with E-state index < -0.39 is 0 Å². The SMILES string of the molecule is C[C@@H]1CN(C(=O)C2CCCN2)CCN1. The molecule has 2 heterocycles. The van der Waals surface area contributed by atoms with Gasteiger partial charge in [0.15, 0.2) is 0 Å². The average Bonchev–Trinajstić information content (AvgIpc) is 2.69. The molecule has 2 atom stereocenters. The third-order valence-electron chi connectivity index (χ3n) is 3.04. The Kier molecular flexibility index (Phi) is 3.03. The summed E-state index contributed by atoms with van der Waals surface area (Å²) >= 11 is 0. The van der Waals surface area contributed by atoms with E-state index in [4.69, 9.17) is 0 Å². The van der Waals surface area contributed by atoms with Crippen LogP contribution in [0.5, 0.6) is 0 Å². The Hall–Kier alpha value is -0.610. The van der Waals surface area contributed by atoms with E-state index in [-0.39, 0.29) is 6.04 Å². The topological polar surface area (TPSA) is 44.4 Å². The van der Waals surface area contributed by atoms with E-state index in [1.807, 2.05) is 4.90 Å². The van der Waals surface area contributed by atoms with Gasteiger partial charge < -0.3 is 15.5 Å². The third kappa shape index (κ3) is 2.07. The first-order valence-corrected chi connectivity index (χ1v) is 5.53. The summed E-state index contributed by atoms with van der Waals surface area (Å²) in [6, 6.07) is 0.536. The number of nitrogens with zero attached hydrogens (tertiary/aromatic N) is 1. The molecule has 2 rings (SSSR count). The number of hydrogen-bond acceptors (Lipinski definition) is 3. The highest BCUT2D eigenvalue weighted by Gasteiger charge is 2.28. The van der Waals surface area contributed by atoms with Crippen LogP contribution in [-0.4, -0.2) is 49.1 Å². The first-order chi connectivity index (χ1) is 6.77. The number of carbonyl (C=O) groups excluding carboxylic acids is 1. The molecule has 2 aliphatic heterocycles. The van der Waals surface area contributed by atoms with Crippen LogP contribution in [0.25, 0.3) is 0 Å². The molecule has 2 fully saturated rings. The van der Waals surface area contributed by atoms with Gasteiger partial charge in [0.25, 0.3) is 0 Å². The molecule has 0 aromatic carbocycles. The molecule has 80 valence electrons. The Morgan fingerprint density at radius 1 is 1.36 bits per heavy atom. The molecule has 0 aliphatic carbocycles. The van der Waals surface area contributed by atoms with Crippen LogP contribution in [0, 0.1) is 0 Å². The molecule has 0 saturated carbocycles. The number of rotatable bonds is 1. The van der Waals surface area contributed by atoms with E-state index in [9.17, 15) is 4.79 Å². The largest absolute Gasteiger partial charge is 0.339 e. The lowest BCUT2D eigenvalue weighted by molar-refractivity contribution is -0.134. The molecule has 0 radical (unpaired) electrons. The molecule has 1 unspecified atom stereocenters. The van der Waals surface area contributed by atoms with Crippen molar-refractivity contribution in [3.63, 3.8) is 0 Å². The second-order valence-corrected chi connectivity index (χ2v) is 4.29. The van der Waals surface area contributed by atoms with Gasteiger partial charge in [-0.05, 0) is 26.3 Å². The van der Waals surface area contributed by atoms with E-state index in [0.717, 1.165) is 39.0 Å². The number of nitrogens with one attached hydrogen (secondary N) is 2. The van der Waals surface area contributed by atoms with Gasteiger partial charge in [-0.15, -0.1) is 0 Å². The van der Waals surface area contributed by atoms with Crippen molar-refractivity contribution in [3.05, 3.63) is 0 Å². The van der Waals surface area contributed by atoms with E-state index in [1.54, 1.807) is 0 Å². The van der Waals surface area contributed by atoms with Crippen LogP contribution in [0.1, 0.15) is 19.8 Å². The first-order valence-electron chi connectivity index (χ1n) is 5.53. The molecule has 14 heavy (non-hydrogen) atoms. The van der Waals surface area contributed by atoms with Gasteiger partial charge in [-0.1, -0.05) is 0 Å². The number of carbonyl (C=O) groups is 1. The quantitative estimate of drug-likeness (QED) is 0.599. The fourth-order valence-electron chi connectivity index (χ4n) is 2.25. The summed E-state index contributed by atoms with van der Waals surface area (Å²) in [6.45, 7) is 5.78. The lowest BCUT2D eigenvalue weighted by atomic mass is 10.1. The van der Waals surface area contributed by atoms with Gasteiger partial charge in [0, 0.05) is 25.7 Å². The predicted octanol–water partition coefficient (Wildman–Crippen LogP) is -0.441. The van der Waals surface area contributed by atoms with Crippen molar-refractivity contribution in [2.24, 2.45) is 0 Å². The third-order valence-corrected chi connectivity index (χ3v) is 3.04. The van der Waals surface area contributed by atoms with Crippen LogP contribution in [0.3, 0.4) is 0 Å². The highest BCUT2D eigenvalue weighted by Crippen LogP contribution is 2.10. The first kappa shape index (κ1) is 9.93. The zero-order valence-corrected chi connectivity index (χ0v) is 8.75. The van der Waals surface area contributed by atoms with Gasteiger partial charge in [0.2, 0.25) is 5.91 Å². The molecule has 0 bridgehead atoms. The van der Waals surface area contributed by atoms with E-state index in [0.29, 0.717) is 11.9 Å². The van der Waals surface area contributed by atoms with Crippen LogP contribution in [0.15, 0.2) is 0 Å². The summed E-state index contributed by atoms with van der Waals surface area (Å²) < 4.78 is 0. The van der Waals surface area contributed by atoms with Gasteiger partial charge in [-0.2, -0.15) is 0 Å². The van der Waals surface area contributed by atoms with Gasteiger partial charge in [-0.25, -0.2) is 0 Å². The zero-order valence-electron chi connectivity index (χ0n) is 8.75. The van der Waals surface area contributed by atoms with Crippen LogP contribution >= 0.6 is 0 Å². The number of piperazine rings is 1. The molecule has 2 saturated heterocycles. The summed E-state index contributed by atoms with van der Waals surface area (Å²) in [7, 11) is 0. The summed E-state index contributed by atoms with van der Waals surface area (Å²) in [5.41, 5.74) is 0. The van der Waals surface area contributed by atoms with Crippen molar-refractivity contribution in [2.45, 2.75) is 31.8 Å². The number of hydrogen-bond donors (Lipinski definition) is 2. The Morgan fingerprint density at radius 2 is 2.21 bits per heavy atom. The van der Waals surface area contributed by atoms with Crippen LogP contribution < -0.4 is 10.6 Å². The van der Waals surface area contributed by atoms with Crippen molar-refractivity contribution in [3.8, 4) is 0 Å². The molecular weight excluding hydrogens is 178 g/mol. The van der Waals surface area contributed by atoms with Gasteiger partial charge >= 0.3 is 0 Å². The van der Waals surface area contributed by atoms with Crippen molar-refractivity contribution in [1.29, 1.82) is 0 Å². The highest BCUT2D eigenvalue weighted by atomic mass is 16.2. The monoisotopic (exact) mass is 197 g/mol. The van der Waals surface area contributed by atoms with Gasteiger partial charge in [0.05, 0.1) is 6.04 Å². The molecule has 1 amide bonds. The van der Waals surface area contributed by atoms with Crippen molar-refractivity contribution in [1.82, 2.24) is 15.5 Å². The fraction of sp³-hybridized carbons (Fsp3) is 0.900. The van der Waals surface area contributed by atoms with Crippen LogP contribution in [0.4, 0.5) is 0 Å². The normalized spacial score (nSPS) is 33.4. The summed E-state index contributed by atoms with van der Waals surface area (Å²) in [5.74, 6) is 0.302.